The van der Waals surface area contributed by atoms with Gasteiger partial charge in [0.05, 0.1) is 10.8 Å². The first-order chi connectivity index (χ1) is 12.1. The maximum absolute atomic E-state index is 11.6. The van der Waals surface area contributed by atoms with E-state index in [0.717, 1.165) is 5.69 Å². The largest absolute Gasteiger partial charge is 0.358 e. The minimum Gasteiger partial charge on any atom is -0.358 e. The van der Waals surface area contributed by atoms with E-state index in [1.54, 1.807) is 25.2 Å². The van der Waals surface area contributed by atoms with Gasteiger partial charge in [-0.3, -0.25) is 9.36 Å². The first kappa shape index (κ1) is 17.8. The summed E-state index contributed by atoms with van der Waals surface area (Å²) in [6, 6.07) is 14.9. The molecule has 25 heavy (non-hydrogen) atoms. The molecule has 0 saturated heterocycles. The number of carbonyl (C=O) groups is 1. The third-order valence-corrected chi connectivity index (χ3v) is 4.91. The highest BCUT2D eigenvalue weighted by Crippen LogP contribution is 2.33. The smallest absolute Gasteiger partial charge is 0.230 e. The highest BCUT2D eigenvalue weighted by Gasteiger charge is 2.19. The number of halogens is 2. The summed E-state index contributed by atoms with van der Waals surface area (Å²) < 4.78 is 1.88. The third kappa shape index (κ3) is 3.98. The lowest BCUT2D eigenvalue weighted by Gasteiger charge is -2.11. The van der Waals surface area contributed by atoms with Crippen LogP contribution in [0.25, 0.3) is 17.1 Å². The zero-order chi connectivity index (χ0) is 17.8. The van der Waals surface area contributed by atoms with Crippen LogP contribution < -0.4 is 5.32 Å². The summed E-state index contributed by atoms with van der Waals surface area (Å²) in [5.74, 6) is 0.751. The third-order valence-electron chi connectivity index (χ3n) is 3.43. The van der Waals surface area contributed by atoms with Gasteiger partial charge in [-0.2, -0.15) is 0 Å². The van der Waals surface area contributed by atoms with Gasteiger partial charge in [0.2, 0.25) is 5.91 Å². The molecule has 1 N–H and O–H groups in total. The Morgan fingerprint density at radius 1 is 1.16 bits per heavy atom. The maximum Gasteiger partial charge on any atom is 0.230 e. The fourth-order valence-corrected chi connectivity index (χ4v) is 3.54. The molecule has 3 aromatic rings. The molecule has 0 spiro atoms. The van der Waals surface area contributed by atoms with Crippen molar-refractivity contribution in [1.29, 1.82) is 0 Å². The Morgan fingerprint density at radius 3 is 2.60 bits per heavy atom. The van der Waals surface area contributed by atoms with Crippen molar-refractivity contribution < 1.29 is 4.79 Å². The fraction of sp³-hybridized carbons (Fsp3) is 0.118. The number of thioether (sulfide) groups is 1. The predicted molar refractivity (Wildman–Crippen MR) is 102 cm³/mol. The first-order valence-electron chi connectivity index (χ1n) is 7.40. The Bertz CT molecular complexity index is 899. The normalized spacial score (nSPS) is 10.7. The Morgan fingerprint density at radius 2 is 1.92 bits per heavy atom. The molecular weight excluding hydrogens is 379 g/mol. The van der Waals surface area contributed by atoms with E-state index in [0.29, 0.717) is 26.6 Å². The van der Waals surface area contributed by atoms with E-state index in [-0.39, 0.29) is 11.7 Å². The number of benzene rings is 2. The van der Waals surface area contributed by atoms with Gasteiger partial charge in [-0.25, -0.2) is 0 Å². The average Bonchev–Trinajstić information content (AvgIpc) is 3.04. The van der Waals surface area contributed by atoms with E-state index >= 15 is 0 Å². The molecular formula is C17H14Cl2N4OS. The van der Waals surface area contributed by atoms with Crippen molar-refractivity contribution in [2.24, 2.45) is 0 Å². The summed E-state index contributed by atoms with van der Waals surface area (Å²) in [5.41, 5.74) is 1.60. The number of para-hydroxylation sites is 1. The van der Waals surface area contributed by atoms with Crippen LogP contribution in [0.5, 0.6) is 0 Å². The lowest BCUT2D eigenvalue weighted by atomic mass is 10.2. The van der Waals surface area contributed by atoms with Gasteiger partial charge in [-0.05, 0) is 30.3 Å². The summed E-state index contributed by atoms with van der Waals surface area (Å²) in [7, 11) is 1.60. The zero-order valence-electron chi connectivity index (χ0n) is 13.2. The first-order valence-corrected chi connectivity index (χ1v) is 9.14. The maximum atomic E-state index is 11.6. The van der Waals surface area contributed by atoms with Crippen LogP contribution in [0.3, 0.4) is 0 Å². The van der Waals surface area contributed by atoms with Crippen molar-refractivity contribution in [1.82, 2.24) is 20.1 Å². The van der Waals surface area contributed by atoms with Gasteiger partial charge < -0.3 is 5.32 Å². The van der Waals surface area contributed by atoms with Crippen LogP contribution >= 0.6 is 35.0 Å². The van der Waals surface area contributed by atoms with Crippen molar-refractivity contribution >= 4 is 40.9 Å². The van der Waals surface area contributed by atoms with Crippen LogP contribution in [-0.2, 0) is 4.79 Å². The second-order valence-electron chi connectivity index (χ2n) is 5.06. The van der Waals surface area contributed by atoms with E-state index in [1.165, 1.54) is 11.8 Å². The van der Waals surface area contributed by atoms with Crippen molar-refractivity contribution in [3.05, 3.63) is 58.6 Å². The van der Waals surface area contributed by atoms with Gasteiger partial charge in [0.1, 0.15) is 0 Å². The Labute approximate surface area is 159 Å². The molecule has 1 heterocycles. The van der Waals surface area contributed by atoms with E-state index in [4.69, 9.17) is 23.2 Å². The van der Waals surface area contributed by atoms with Crippen molar-refractivity contribution in [2.75, 3.05) is 12.8 Å². The number of nitrogens with zero attached hydrogens (tertiary/aromatic N) is 3. The van der Waals surface area contributed by atoms with E-state index < -0.39 is 0 Å². The topological polar surface area (TPSA) is 59.8 Å². The van der Waals surface area contributed by atoms with Crippen LogP contribution in [0.2, 0.25) is 10.0 Å². The lowest BCUT2D eigenvalue weighted by Crippen LogP contribution is -2.20. The summed E-state index contributed by atoms with van der Waals surface area (Å²) in [6.45, 7) is 0. The lowest BCUT2D eigenvalue weighted by molar-refractivity contribution is -0.118. The summed E-state index contributed by atoms with van der Waals surface area (Å²) in [4.78, 5) is 11.6. The molecule has 3 rings (SSSR count). The number of nitrogens with one attached hydrogen (secondary N) is 1. The monoisotopic (exact) mass is 392 g/mol. The van der Waals surface area contributed by atoms with Crippen molar-refractivity contribution in [3.63, 3.8) is 0 Å². The molecule has 1 aromatic heterocycles. The molecule has 5 nitrogen and oxygen atoms in total. The van der Waals surface area contributed by atoms with Gasteiger partial charge in [0.15, 0.2) is 11.0 Å². The second-order valence-corrected chi connectivity index (χ2v) is 6.85. The number of amides is 1. The standard InChI is InChI=1S/C17H14Cl2N4OS/c1-20-15(24)10-25-17-22-21-16(13-8-7-11(18)9-14(13)19)23(17)12-5-3-2-4-6-12/h2-9H,10H2,1H3,(H,20,24). The molecule has 0 aliphatic rings. The number of aromatic nitrogens is 3. The quantitative estimate of drug-likeness (QED) is 0.664. The molecule has 0 saturated carbocycles. The minimum atomic E-state index is -0.0845. The Hall–Kier alpha value is -2.02. The fourth-order valence-electron chi connectivity index (χ4n) is 2.22. The van der Waals surface area contributed by atoms with Crippen molar-refractivity contribution in [2.45, 2.75) is 5.16 Å². The van der Waals surface area contributed by atoms with Crippen LogP contribution in [0.4, 0.5) is 0 Å². The van der Waals surface area contributed by atoms with Gasteiger partial charge in [0.25, 0.3) is 0 Å². The van der Waals surface area contributed by atoms with Crippen molar-refractivity contribution in [3.8, 4) is 17.1 Å². The number of rotatable bonds is 5. The van der Waals surface area contributed by atoms with Gasteiger partial charge >= 0.3 is 0 Å². The van der Waals surface area contributed by atoms with Crippen LogP contribution in [0.15, 0.2) is 53.7 Å². The number of hydrogen-bond donors (Lipinski definition) is 1. The summed E-state index contributed by atoms with van der Waals surface area (Å²) in [6.07, 6.45) is 0. The molecule has 0 unspecified atom stereocenters. The van der Waals surface area contributed by atoms with E-state index in [9.17, 15) is 4.79 Å². The van der Waals surface area contributed by atoms with Crippen LogP contribution in [0, 0.1) is 0 Å². The summed E-state index contributed by atoms with van der Waals surface area (Å²) in [5, 5.41) is 12.8. The van der Waals surface area contributed by atoms with Gasteiger partial charge in [-0.1, -0.05) is 53.2 Å². The predicted octanol–water partition coefficient (Wildman–Crippen LogP) is 4.08. The molecule has 2 aromatic carbocycles. The van der Waals surface area contributed by atoms with Crippen LogP contribution in [0.1, 0.15) is 0 Å². The molecule has 0 bridgehead atoms. The Balaban J connectivity index is 2.09. The molecule has 0 fully saturated rings. The number of hydrogen-bond acceptors (Lipinski definition) is 4. The Kier molecular flexibility index (Phi) is 5.63. The molecule has 0 aliphatic carbocycles. The zero-order valence-corrected chi connectivity index (χ0v) is 15.6. The summed E-state index contributed by atoms with van der Waals surface area (Å²) >= 11 is 13.6. The highest BCUT2D eigenvalue weighted by atomic mass is 35.5. The molecule has 0 atom stereocenters. The van der Waals surface area contributed by atoms with Gasteiger partial charge in [0, 0.05) is 23.3 Å². The molecule has 8 heteroatoms. The van der Waals surface area contributed by atoms with E-state index in [1.807, 2.05) is 34.9 Å². The SMILES string of the molecule is CNC(=O)CSc1nnc(-c2ccc(Cl)cc2Cl)n1-c1ccccc1. The second kappa shape index (κ2) is 7.91. The number of carbonyl (C=O) groups excluding carboxylic acids is 1. The van der Waals surface area contributed by atoms with Gasteiger partial charge in [-0.15, -0.1) is 10.2 Å². The van der Waals surface area contributed by atoms with Crippen LogP contribution in [-0.4, -0.2) is 33.5 Å². The molecule has 0 radical (unpaired) electrons. The molecule has 0 aliphatic heterocycles. The molecule has 128 valence electrons. The minimum absolute atomic E-state index is 0.0845. The van der Waals surface area contributed by atoms with E-state index in [2.05, 4.69) is 15.5 Å². The molecule has 1 amide bonds. The highest BCUT2D eigenvalue weighted by molar-refractivity contribution is 7.99. The average molecular weight is 393 g/mol.